The molecule has 4 rings (SSSR count). The van der Waals surface area contributed by atoms with Gasteiger partial charge in [0, 0.05) is 44.2 Å². The van der Waals surface area contributed by atoms with E-state index in [0.29, 0.717) is 44.6 Å². The van der Waals surface area contributed by atoms with E-state index < -0.39 is 18.1 Å². The molecule has 0 radical (unpaired) electrons. The summed E-state index contributed by atoms with van der Waals surface area (Å²) in [6.07, 6.45) is 0.314. The Hall–Kier alpha value is -2.32. The molecular formula is C19H23FN4O3. The smallest absolute Gasteiger partial charge is 0.255 e. The number of hydrogen-bond donors (Lipinski definition) is 3. The Morgan fingerprint density at radius 3 is 2.85 bits per heavy atom. The summed E-state index contributed by atoms with van der Waals surface area (Å²) in [5.74, 6) is -0.860. The summed E-state index contributed by atoms with van der Waals surface area (Å²) in [6, 6.07) is 5.20. The van der Waals surface area contributed by atoms with Crippen LogP contribution in [0.5, 0.6) is 0 Å². The Balaban J connectivity index is 1.43. The Morgan fingerprint density at radius 2 is 2.11 bits per heavy atom. The lowest BCUT2D eigenvalue weighted by Crippen LogP contribution is -2.52. The second-order valence-corrected chi connectivity index (χ2v) is 7.42. The van der Waals surface area contributed by atoms with Crippen LogP contribution in [0.25, 0.3) is 0 Å². The molecule has 3 N–H and O–H groups in total. The average Bonchev–Trinajstić information content (AvgIpc) is 3.19. The number of benzene rings is 1. The van der Waals surface area contributed by atoms with Crippen LogP contribution in [-0.4, -0.2) is 54.0 Å². The molecule has 3 aliphatic heterocycles. The van der Waals surface area contributed by atoms with Crippen molar-refractivity contribution in [2.75, 3.05) is 13.1 Å². The molecule has 2 fully saturated rings. The molecule has 7 nitrogen and oxygen atoms in total. The Morgan fingerprint density at radius 1 is 1.26 bits per heavy atom. The Labute approximate surface area is 156 Å². The van der Waals surface area contributed by atoms with E-state index in [0.717, 1.165) is 11.1 Å². The summed E-state index contributed by atoms with van der Waals surface area (Å²) < 4.78 is 13.2. The molecule has 8 heteroatoms. The van der Waals surface area contributed by atoms with Crippen LogP contribution in [0.3, 0.4) is 0 Å². The van der Waals surface area contributed by atoms with Crippen LogP contribution in [0.4, 0.5) is 4.39 Å². The van der Waals surface area contributed by atoms with E-state index in [9.17, 15) is 18.8 Å². The van der Waals surface area contributed by atoms with Gasteiger partial charge < -0.3 is 15.5 Å². The van der Waals surface area contributed by atoms with Crippen molar-refractivity contribution in [1.82, 2.24) is 20.9 Å². The first-order valence-electron chi connectivity index (χ1n) is 9.36. The van der Waals surface area contributed by atoms with Gasteiger partial charge in [0.05, 0.1) is 0 Å². The quantitative estimate of drug-likeness (QED) is 0.643. The minimum absolute atomic E-state index is 0.104. The lowest BCUT2D eigenvalue weighted by atomic mass is 10.0. The van der Waals surface area contributed by atoms with Gasteiger partial charge in [-0.15, -0.1) is 0 Å². The second kappa shape index (κ2) is 7.36. The van der Waals surface area contributed by atoms with E-state index in [1.807, 2.05) is 18.2 Å². The fraction of sp³-hybridized carbons (Fsp3) is 0.526. The van der Waals surface area contributed by atoms with Gasteiger partial charge >= 0.3 is 0 Å². The summed E-state index contributed by atoms with van der Waals surface area (Å²) in [6.45, 7) is 1.91. The van der Waals surface area contributed by atoms with Crippen molar-refractivity contribution in [2.45, 2.75) is 50.6 Å². The van der Waals surface area contributed by atoms with E-state index in [2.05, 4.69) is 16.0 Å². The lowest BCUT2D eigenvalue weighted by molar-refractivity contribution is -0.136. The summed E-state index contributed by atoms with van der Waals surface area (Å²) >= 11 is 0. The van der Waals surface area contributed by atoms with Crippen molar-refractivity contribution in [3.8, 4) is 0 Å². The highest BCUT2D eigenvalue weighted by Crippen LogP contribution is 2.29. The highest BCUT2D eigenvalue weighted by atomic mass is 19.1. The number of nitrogens with zero attached hydrogens (tertiary/aromatic N) is 1. The number of imide groups is 1. The van der Waals surface area contributed by atoms with Crippen molar-refractivity contribution >= 4 is 17.7 Å². The predicted octanol–water partition coefficient (Wildman–Crippen LogP) is 0.237. The van der Waals surface area contributed by atoms with Crippen LogP contribution in [-0.2, 0) is 22.7 Å². The standard InChI is InChI=1S/C19H23FN4O3/c20-13-6-14(22-8-13)9-21-7-11-2-1-3-12-10-24(19(27)17(11)12)15-4-5-16(25)23-18(15)26/h1-3,13-15,21-22H,4-10H2,(H,23,25,26)/t13-,14-,15?/m0/s1. The molecule has 0 saturated carbocycles. The molecule has 0 aromatic heterocycles. The molecule has 0 bridgehead atoms. The summed E-state index contributed by atoms with van der Waals surface area (Å²) in [5.41, 5.74) is 2.41. The highest BCUT2D eigenvalue weighted by Gasteiger charge is 2.39. The minimum Gasteiger partial charge on any atom is -0.322 e. The maximum absolute atomic E-state index is 13.2. The first-order chi connectivity index (χ1) is 13.0. The highest BCUT2D eigenvalue weighted by molar-refractivity contribution is 6.05. The van der Waals surface area contributed by atoms with E-state index >= 15 is 0 Å². The van der Waals surface area contributed by atoms with Gasteiger partial charge in [0.25, 0.3) is 5.91 Å². The van der Waals surface area contributed by atoms with Gasteiger partial charge in [-0.05, 0) is 24.0 Å². The van der Waals surface area contributed by atoms with Crippen molar-refractivity contribution in [3.63, 3.8) is 0 Å². The lowest BCUT2D eigenvalue weighted by Gasteiger charge is -2.29. The van der Waals surface area contributed by atoms with E-state index in [-0.39, 0.29) is 24.3 Å². The van der Waals surface area contributed by atoms with Gasteiger partial charge in [-0.25, -0.2) is 4.39 Å². The molecule has 2 saturated heterocycles. The van der Waals surface area contributed by atoms with Gasteiger partial charge in [-0.1, -0.05) is 18.2 Å². The fourth-order valence-electron chi connectivity index (χ4n) is 4.14. The minimum atomic E-state index is -0.790. The van der Waals surface area contributed by atoms with Gasteiger partial charge in [-0.2, -0.15) is 0 Å². The number of carbonyl (C=O) groups is 3. The van der Waals surface area contributed by atoms with Gasteiger partial charge in [-0.3, -0.25) is 19.7 Å². The number of fused-ring (bicyclic) bond motifs is 1. The number of piperidine rings is 1. The van der Waals surface area contributed by atoms with Crippen LogP contribution < -0.4 is 16.0 Å². The zero-order valence-electron chi connectivity index (χ0n) is 15.0. The van der Waals surface area contributed by atoms with Gasteiger partial charge in [0.1, 0.15) is 12.2 Å². The molecule has 3 amide bonds. The third-order valence-electron chi connectivity index (χ3n) is 5.51. The number of hydrogen-bond acceptors (Lipinski definition) is 5. The molecule has 0 aliphatic carbocycles. The maximum atomic E-state index is 13.2. The zero-order valence-corrected chi connectivity index (χ0v) is 15.0. The largest absolute Gasteiger partial charge is 0.322 e. The Bertz CT molecular complexity index is 784. The SMILES string of the molecule is O=C1CCC(N2Cc3cccc(CNC[C@@H]4C[C@H](F)CN4)c3C2=O)C(=O)N1. The monoisotopic (exact) mass is 374 g/mol. The van der Waals surface area contributed by atoms with Crippen molar-refractivity contribution < 1.29 is 18.8 Å². The molecule has 144 valence electrons. The molecule has 3 heterocycles. The van der Waals surface area contributed by atoms with Crippen molar-refractivity contribution in [1.29, 1.82) is 0 Å². The summed E-state index contributed by atoms with van der Waals surface area (Å²) in [4.78, 5) is 38.0. The second-order valence-electron chi connectivity index (χ2n) is 7.42. The normalized spacial score (nSPS) is 27.8. The molecule has 3 atom stereocenters. The predicted molar refractivity (Wildman–Crippen MR) is 95.5 cm³/mol. The van der Waals surface area contributed by atoms with Gasteiger partial charge in [0.15, 0.2) is 0 Å². The van der Waals surface area contributed by atoms with Crippen LogP contribution in [0.15, 0.2) is 18.2 Å². The first-order valence-corrected chi connectivity index (χ1v) is 9.36. The van der Waals surface area contributed by atoms with Crippen molar-refractivity contribution in [2.24, 2.45) is 0 Å². The number of amides is 3. The van der Waals surface area contributed by atoms with E-state index in [1.54, 1.807) is 4.90 Å². The van der Waals surface area contributed by atoms with E-state index in [1.165, 1.54) is 0 Å². The molecule has 27 heavy (non-hydrogen) atoms. The number of rotatable bonds is 5. The zero-order chi connectivity index (χ0) is 19.0. The molecular weight excluding hydrogens is 351 g/mol. The molecule has 1 aromatic carbocycles. The number of carbonyl (C=O) groups excluding carboxylic acids is 3. The fourth-order valence-corrected chi connectivity index (χ4v) is 4.14. The van der Waals surface area contributed by atoms with Crippen LogP contribution in [0, 0.1) is 0 Å². The van der Waals surface area contributed by atoms with Crippen LogP contribution in [0.1, 0.15) is 40.7 Å². The molecule has 3 aliphatic rings. The number of nitrogens with one attached hydrogen (secondary N) is 3. The van der Waals surface area contributed by atoms with Crippen LogP contribution in [0.2, 0.25) is 0 Å². The van der Waals surface area contributed by atoms with E-state index in [4.69, 9.17) is 0 Å². The number of halogens is 1. The number of alkyl halides is 1. The molecule has 1 unspecified atom stereocenters. The van der Waals surface area contributed by atoms with Crippen molar-refractivity contribution in [3.05, 3.63) is 34.9 Å². The third-order valence-corrected chi connectivity index (χ3v) is 5.51. The van der Waals surface area contributed by atoms with Crippen LogP contribution >= 0.6 is 0 Å². The average molecular weight is 374 g/mol. The molecule has 0 spiro atoms. The molecule has 1 aromatic rings. The first kappa shape index (κ1) is 18.1. The Kier molecular flexibility index (Phi) is 4.92. The third kappa shape index (κ3) is 3.59. The summed E-state index contributed by atoms with van der Waals surface area (Å²) in [7, 11) is 0. The summed E-state index contributed by atoms with van der Waals surface area (Å²) in [5, 5.41) is 8.74. The topological polar surface area (TPSA) is 90.5 Å². The van der Waals surface area contributed by atoms with Gasteiger partial charge in [0.2, 0.25) is 11.8 Å². The maximum Gasteiger partial charge on any atom is 0.255 e.